The molecular weight excluding hydrogens is 390 g/mol. The van der Waals surface area contributed by atoms with Gasteiger partial charge in [-0.05, 0) is 19.8 Å². The van der Waals surface area contributed by atoms with E-state index in [2.05, 4.69) is 29.1 Å². The molecule has 2 heterocycles. The highest BCUT2D eigenvalue weighted by atomic mass is 16.6. The number of aromatic nitrogens is 2. The highest BCUT2D eigenvalue weighted by Crippen LogP contribution is 2.28. The minimum Gasteiger partial charge on any atom is -0.449 e. The van der Waals surface area contributed by atoms with Gasteiger partial charge in [0.1, 0.15) is 12.2 Å². The zero-order valence-corrected chi connectivity index (χ0v) is 17.8. The number of amides is 1. The molecule has 4 atom stereocenters. The summed E-state index contributed by atoms with van der Waals surface area (Å²) in [5, 5.41) is 22.6. The van der Waals surface area contributed by atoms with Crippen molar-refractivity contribution in [3.8, 4) is 11.8 Å². The second kappa shape index (κ2) is 11.7. The van der Waals surface area contributed by atoms with E-state index in [9.17, 15) is 19.8 Å². The van der Waals surface area contributed by atoms with E-state index >= 15 is 0 Å². The van der Waals surface area contributed by atoms with Crippen molar-refractivity contribution in [2.45, 2.75) is 83.8 Å². The average Bonchev–Trinajstić information content (AvgIpc) is 2.97. The monoisotopic (exact) mass is 421 g/mol. The van der Waals surface area contributed by atoms with Gasteiger partial charge in [-0.3, -0.25) is 9.88 Å². The molecule has 1 aromatic rings. The lowest BCUT2D eigenvalue weighted by molar-refractivity contribution is -0.0350. The average molecular weight is 421 g/mol. The van der Waals surface area contributed by atoms with Crippen molar-refractivity contribution >= 4 is 11.9 Å². The third-order valence-corrected chi connectivity index (χ3v) is 4.78. The highest BCUT2D eigenvalue weighted by molar-refractivity contribution is 5.85. The van der Waals surface area contributed by atoms with E-state index in [0.29, 0.717) is 12.0 Å². The van der Waals surface area contributed by atoms with E-state index in [0.717, 1.165) is 36.7 Å². The van der Waals surface area contributed by atoms with E-state index in [1.165, 1.54) is 6.20 Å². The van der Waals surface area contributed by atoms with Crippen molar-refractivity contribution in [2.75, 3.05) is 11.9 Å². The third kappa shape index (κ3) is 6.29. The molecule has 9 nitrogen and oxygen atoms in total. The molecule has 1 aliphatic heterocycles. The van der Waals surface area contributed by atoms with Crippen LogP contribution in [0.2, 0.25) is 0 Å². The van der Waals surface area contributed by atoms with Gasteiger partial charge in [0.05, 0.1) is 18.3 Å². The van der Waals surface area contributed by atoms with E-state index in [4.69, 9.17) is 9.47 Å². The summed E-state index contributed by atoms with van der Waals surface area (Å²) in [6.07, 6.45) is 1.75. The number of carbonyl (C=O) groups excluding carboxylic acids is 1. The molecule has 3 N–H and O–H groups in total. The van der Waals surface area contributed by atoms with Crippen molar-refractivity contribution in [3.05, 3.63) is 22.2 Å². The maximum atomic E-state index is 12.5. The molecule has 166 valence electrons. The standard InChI is InChI=1S/C21H31N3O6/c1-4-6-8-9-11-15-13-24(19-17(26)16(25)14(3)30-19)20(27)22-18(15)23-21(28)29-12-10-7-5-2/h13-14,16-17,19,25-26H,4-8,10,12H2,1-3H3,(H,22,23,27,28)/t14-,16-,17-,19-/m1/s1. The lowest BCUT2D eigenvalue weighted by Gasteiger charge is -2.18. The smallest absolute Gasteiger partial charge is 0.412 e. The van der Waals surface area contributed by atoms with Gasteiger partial charge in [-0.15, -0.1) is 0 Å². The van der Waals surface area contributed by atoms with E-state index in [1.54, 1.807) is 6.92 Å². The minimum atomic E-state index is -1.29. The first kappa shape index (κ1) is 23.9. The Balaban J connectivity index is 2.27. The molecule has 0 aliphatic carbocycles. The second-order valence-corrected chi connectivity index (χ2v) is 7.28. The molecule has 1 aromatic heterocycles. The summed E-state index contributed by atoms with van der Waals surface area (Å²) in [6, 6.07) is 0. The van der Waals surface area contributed by atoms with Crippen LogP contribution >= 0.6 is 0 Å². The first-order chi connectivity index (χ1) is 14.4. The lowest BCUT2D eigenvalue weighted by Crippen LogP contribution is -2.36. The van der Waals surface area contributed by atoms with Crippen LogP contribution in [0.25, 0.3) is 0 Å². The number of nitrogens with zero attached hydrogens (tertiary/aromatic N) is 2. The maximum absolute atomic E-state index is 12.5. The Hall–Kier alpha value is -2.41. The number of anilines is 1. The summed E-state index contributed by atoms with van der Waals surface area (Å²) in [7, 11) is 0. The third-order valence-electron chi connectivity index (χ3n) is 4.78. The number of aliphatic hydroxyl groups excluding tert-OH is 2. The fraction of sp³-hybridized carbons (Fsp3) is 0.667. The zero-order valence-electron chi connectivity index (χ0n) is 17.8. The lowest BCUT2D eigenvalue weighted by atomic mass is 10.1. The number of aliphatic hydroxyl groups is 2. The van der Waals surface area contributed by atoms with Gasteiger partial charge in [-0.2, -0.15) is 4.98 Å². The van der Waals surface area contributed by atoms with Gasteiger partial charge in [0.2, 0.25) is 0 Å². The molecule has 1 amide bonds. The predicted molar refractivity (Wildman–Crippen MR) is 111 cm³/mol. The zero-order chi connectivity index (χ0) is 22.1. The first-order valence-electron chi connectivity index (χ1n) is 10.5. The Morgan fingerprint density at radius 3 is 2.63 bits per heavy atom. The van der Waals surface area contributed by atoms with Gasteiger partial charge >= 0.3 is 11.8 Å². The van der Waals surface area contributed by atoms with Crippen molar-refractivity contribution < 1.29 is 24.5 Å². The van der Waals surface area contributed by atoms with Crippen LogP contribution in [0, 0.1) is 11.8 Å². The van der Waals surface area contributed by atoms with Crippen LogP contribution in [0.4, 0.5) is 10.6 Å². The maximum Gasteiger partial charge on any atom is 0.412 e. The molecule has 1 fully saturated rings. The fourth-order valence-electron chi connectivity index (χ4n) is 2.97. The van der Waals surface area contributed by atoms with Crippen LogP contribution in [-0.2, 0) is 9.47 Å². The van der Waals surface area contributed by atoms with Gasteiger partial charge < -0.3 is 19.7 Å². The summed E-state index contributed by atoms with van der Waals surface area (Å²) >= 11 is 0. The molecule has 1 saturated heterocycles. The minimum absolute atomic E-state index is 0.0122. The van der Waals surface area contributed by atoms with Crippen LogP contribution in [0.15, 0.2) is 11.0 Å². The van der Waals surface area contributed by atoms with Crippen LogP contribution in [-0.4, -0.2) is 50.8 Å². The topological polar surface area (TPSA) is 123 Å². The number of hydrogen-bond acceptors (Lipinski definition) is 7. The summed E-state index contributed by atoms with van der Waals surface area (Å²) in [6.45, 7) is 5.97. The Morgan fingerprint density at radius 1 is 1.27 bits per heavy atom. The van der Waals surface area contributed by atoms with Crippen LogP contribution in [0.5, 0.6) is 0 Å². The van der Waals surface area contributed by atoms with Crippen LogP contribution < -0.4 is 11.0 Å². The molecule has 0 aromatic carbocycles. The quantitative estimate of drug-likeness (QED) is 0.434. The van der Waals surface area contributed by atoms with Crippen LogP contribution in [0.3, 0.4) is 0 Å². The van der Waals surface area contributed by atoms with Crippen LogP contribution in [0.1, 0.15) is 71.1 Å². The van der Waals surface area contributed by atoms with Gasteiger partial charge in [-0.1, -0.05) is 45.0 Å². The van der Waals surface area contributed by atoms with Crippen molar-refractivity contribution in [3.63, 3.8) is 0 Å². The summed E-state index contributed by atoms with van der Waals surface area (Å²) in [5.74, 6) is 5.90. The molecule has 0 radical (unpaired) electrons. The highest BCUT2D eigenvalue weighted by Gasteiger charge is 2.42. The molecule has 9 heteroatoms. The van der Waals surface area contributed by atoms with Gasteiger partial charge in [0.15, 0.2) is 12.0 Å². The first-order valence-corrected chi connectivity index (χ1v) is 10.5. The molecule has 30 heavy (non-hydrogen) atoms. The Bertz CT molecular complexity index is 828. The van der Waals surface area contributed by atoms with Gasteiger partial charge in [0.25, 0.3) is 0 Å². The van der Waals surface area contributed by atoms with Crippen molar-refractivity contribution in [1.29, 1.82) is 0 Å². The molecule has 0 bridgehead atoms. The summed E-state index contributed by atoms with van der Waals surface area (Å²) in [4.78, 5) is 28.5. The summed E-state index contributed by atoms with van der Waals surface area (Å²) in [5.41, 5.74) is -0.457. The number of nitrogens with one attached hydrogen (secondary N) is 1. The second-order valence-electron chi connectivity index (χ2n) is 7.28. The number of rotatable bonds is 8. The number of ether oxygens (including phenoxy) is 2. The van der Waals surface area contributed by atoms with Gasteiger partial charge in [0, 0.05) is 12.6 Å². The Morgan fingerprint density at radius 2 is 2.00 bits per heavy atom. The molecule has 2 rings (SSSR count). The van der Waals surface area contributed by atoms with Crippen molar-refractivity contribution in [2.24, 2.45) is 0 Å². The predicted octanol–water partition coefficient (Wildman–Crippen LogP) is 2.16. The normalized spacial score (nSPS) is 23.0. The van der Waals surface area contributed by atoms with E-state index in [1.807, 2.05) is 6.92 Å². The number of hydrogen-bond donors (Lipinski definition) is 3. The molecule has 0 spiro atoms. The SMILES string of the molecule is CCCCC#Cc1cn([C@@H]2O[C@H](C)[C@@H](O)[C@H]2O)c(=O)nc1NC(=O)OCCCCC. The van der Waals surface area contributed by atoms with Gasteiger partial charge in [-0.25, -0.2) is 9.59 Å². The molecule has 0 saturated carbocycles. The largest absolute Gasteiger partial charge is 0.449 e. The number of carbonyl (C=O) groups is 1. The summed E-state index contributed by atoms with van der Waals surface area (Å²) < 4.78 is 11.7. The Labute approximate surface area is 176 Å². The molecular formula is C21H31N3O6. The Kier molecular flexibility index (Phi) is 9.30. The molecule has 0 unspecified atom stereocenters. The van der Waals surface area contributed by atoms with Crippen molar-refractivity contribution in [1.82, 2.24) is 9.55 Å². The number of unbranched alkanes of at least 4 members (excludes halogenated alkanes) is 4. The van der Waals surface area contributed by atoms with E-state index < -0.39 is 36.3 Å². The van der Waals surface area contributed by atoms with E-state index in [-0.39, 0.29) is 12.4 Å². The molecule has 1 aliphatic rings. The fourth-order valence-corrected chi connectivity index (χ4v) is 2.97.